The molecule has 0 aromatic heterocycles. The maximum Gasteiger partial charge on any atom is 0.338 e. The Morgan fingerprint density at radius 3 is 1.34 bits per heavy atom. The smallest absolute Gasteiger partial charge is 0.338 e. The topological polar surface area (TPSA) is 83.5 Å². The van der Waals surface area contributed by atoms with Crippen LogP contribution < -0.4 is 0 Å². The van der Waals surface area contributed by atoms with Crippen molar-refractivity contribution in [3.8, 4) is 0 Å². The third kappa shape index (κ3) is 8.10. The first kappa shape index (κ1) is 28.7. The second-order valence-electron chi connectivity index (χ2n) is 9.82. The second kappa shape index (κ2) is 14.7. The number of rotatable bonds is 12. The van der Waals surface area contributed by atoms with E-state index >= 15 is 0 Å². The van der Waals surface area contributed by atoms with Gasteiger partial charge in [-0.1, -0.05) is 121 Å². The third-order valence-electron chi connectivity index (χ3n) is 6.83. The molecule has 0 radical (unpaired) electrons. The van der Waals surface area contributed by atoms with E-state index in [0.717, 1.165) is 22.3 Å². The Balaban J connectivity index is 1.40. The number of aliphatic hydroxyl groups is 1. The molecule has 7 heteroatoms. The molecule has 1 heterocycles. The van der Waals surface area contributed by atoms with Gasteiger partial charge in [-0.2, -0.15) is 0 Å². The molecule has 1 N–H and O–H groups in total. The van der Waals surface area contributed by atoms with Crippen LogP contribution in [0.15, 0.2) is 121 Å². The van der Waals surface area contributed by atoms with Gasteiger partial charge in [0.1, 0.15) is 24.9 Å². The minimum atomic E-state index is -1.45. The van der Waals surface area contributed by atoms with Gasteiger partial charge in [0.25, 0.3) is 0 Å². The number of benzene rings is 4. The number of carbonyl (C=O) groups excluding carboxylic acids is 1. The molecule has 5 rings (SSSR count). The number of ether oxygens (including phenoxy) is 5. The summed E-state index contributed by atoms with van der Waals surface area (Å²) in [7, 11) is 0. The molecule has 7 nitrogen and oxygen atoms in total. The molecule has 0 saturated carbocycles. The van der Waals surface area contributed by atoms with Crippen LogP contribution in [0, 0.1) is 0 Å². The Morgan fingerprint density at radius 2 is 0.902 bits per heavy atom. The van der Waals surface area contributed by atoms with E-state index in [1.165, 1.54) is 0 Å². The molecule has 2 unspecified atom stereocenters. The highest BCUT2D eigenvalue weighted by Crippen LogP contribution is 2.30. The summed E-state index contributed by atoms with van der Waals surface area (Å²) < 4.78 is 30.4. The molecule has 0 bridgehead atoms. The standard InChI is InChI=1S/C34H34O7/c35-33(40-24-28-19-11-4-12-20-28)32-30(38-22-26-15-7-2-8-16-26)29(37-21-25-13-5-1-6-14-25)31(34(36)41-32)39-23-27-17-9-3-10-18-27/h1-20,29-32,34,36H,21-24H2/t29-,30-,31+,32?,34?/m0/s1. The van der Waals surface area contributed by atoms with E-state index in [1.54, 1.807) is 0 Å². The summed E-state index contributed by atoms with van der Waals surface area (Å²) in [6.07, 6.45) is -5.40. The zero-order valence-electron chi connectivity index (χ0n) is 22.7. The van der Waals surface area contributed by atoms with Gasteiger partial charge in [0.05, 0.1) is 19.8 Å². The molecule has 0 aliphatic carbocycles. The number of hydrogen-bond acceptors (Lipinski definition) is 7. The lowest BCUT2D eigenvalue weighted by Gasteiger charge is -2.43. The van der Waals surface area contributed by atoms with E-state index in [1.807, 2.05) is 121 Å². The van der Waals surface area contributed by atoms with Crippen LogP contribution in [0.5, 0.6) is 0 Å². The molecule has 41 heavy (non-hydrogen) atoms. The number of carbonyl (C=O) groups is 1. The lowest BCUT2D eigenvalue weighted by molar-refractivity contribution is -0.309. The number of hydrogen-bond donors (Lipinski definition) is 1. The fraction of sp³-hybridized carbons (Fsp3) is 0.265. The van der Waals surface area contributed by atoms with Crippen molar-refractivity contribution < 1.29 is 33.6 Å². The monoisotopic (exact) mass is 554 g/mol. The Morgan fingerprint density at radius 1 is 0.537 bits per heavy atom. The van der Waals surface area contributed by atoms with E-state index < -0.39 is 36.7 Å². The van der Waals surface area contributed by atoms with Gasteiger partial charge in [-0.15, -0.1) is 0 Å². The minimum absolute atomic E-state index is 0.0600. The molecule has 1 aliphatic heterocycles. The quantitative estimate of drug-likeness (QED) is 0.241. The first-order chi connectivity index (χ1) is 20.2. The first-order valence-electron chi connectivity index (χ1n) is 13.7. The molecule has 1 aliphatic rings. The van der Waals surface area contributed by atoms with E-state index in [4.69, 9.17) is 23.7 Å². The molecule has 1 fully saturated rings. The lowest BCUT2D eigenvalue weighted by Crippen LogP contribution is -2.62. The number of esters is 1. The van der Waals surface area contributed by atoms with Gasteiger partial charge in [-0.05, 0) is 22.3 Å². The van der Waals surface area contributed by atoms with Gasteiger partial charge in [0.15, 0.2) is 12.4 Å². The Labute approximate surface area is 240 Å². The van der Waals surface area contributed by atoms with Crippen LogP contribution in [0.25, 0.3) is 0 Å². The highest BCUT2D eigenvalue weighted by molar-refractivity contribution is 5.76. The van der Waals surface area contributed by atoms with Crippen molar-refractivity contribution in [2.24, 2.45) is 0 Å². The highest BCUT2D eigenvalue weighted by atomic mass is 16.7. The predicted molar refractivity (Wildman–Crippen MR) is 152 cm³/mol. The van der Waals surface area contributed by atoms with Crippen LogP contribution in [0.2, 0.25) is 0 Å². The van der Waals surface area contributed by atoms with Crippen molar-refractivity contribution in [3.05, 3.63) is 144 Å². The van der Waals surface area contributed by atoms with Crippen LogP contribution in [-0.4, -0.2) is 41.8 Å². The van der Waals surface area contributed by atoms with Crippen LogP contribution in [0.3, 0.4) is 0 Å². The van der Waals surface area contributed by atoms with E-state index in [9.17, 15) is 9.90 Å². The SMILES string of the molecule is O=C(OCc1ccccc1)C1OC(O)[C@H](OCc2ccccc2)[C@@H](OCc2ccccc2)[C@@H]1OCc1ccccc1. The molecule has 1 saturated heterocycles. The first-order valence-corrected chi connectivity index (χ1v) is 13.7. The Hall–Kier alpha value is -3.85. The third-order valence-corrected chi connectivity index (χ3v) is 6.83. The molecule has 4 aromatic rings. The van der Waals surface area contributed by atoms with Crippen molar-refractivity contribution >= 4 is 5.97 Å². The van der Waals surface area contributed by atoms with Gasteiger partial charge in [-0.25, -0.2) is 4.79 Å². The van der Waals surface area contributed by atoms with Crippen LogP contribution >= 0.6 is 0 Å². The van der Waals surface area contributed by atoms with Crippen LogP contribution in [-0.2, 0) is 54.9 Å². The summed E-state index contributed by atoms with van der Waals surface area (Å²) in [6.45, 7) is 0.695. The van der Waals surface area contributed by atoms with Crippen molar-refractivity contribution in [2.75, 3.05) is 0 Å². The van der Waals surface area contributed by atoms with Gasteiger partial charge in [-0.3, -0.25) is 0 Å². The van der Waals surface area contributed by atoms with Gasteiger partial charge in [0.2, 0.25) is 0 Å². The van der Waals surface area contributed by atoms with Gasteiger partial charge < -0.3 is 28.8 Å². The summed E-state index contributed by atoms with van der Waals surface area (Å²) in [4.78, 5) is 13.4. The second-order valence-corrected chi connectivity index (χ2v) is 9.82. The molecule has 212 valence electrons. The predicted octanol–water partition coefficient (Wildman–Crippen LogP) is 5.20. The molecular formula is C34H34O7. The normalized spacial score (nSPS) is 22.2. The van der Waals surface area contributed by atoms with Crippen LogP contribution in [0.4, 0.5) is 0 Å². The van der Waals surface area contributed by atoms with Crippen LogP contribution in [0.1, 0.15) is 22.3 Å². The summed E-state index contributed by atoms with van der Waals surface area (Å²) in [5.74, 6) is -0.652. The zero-order chi connectivity index (χ0) is 28.3. The average molecular weight is 555 g/mol. The van der Waals surface area contributed by atoms with Gasteiger partial charge >= 0.3 is 5.97 Å². The lowest BCUT2D eigenvalue weighted by atomic mass is 9.97. The maximum atomic E-state index is 13.4. The summed E-state index contributed by atoms with van der Waals surface area (Å²) in [5.41, 5.74) is 3.60. The summed E-state index contributed by atoms with van der Waals surface area (Å²) in [5, 5.41) is 11.1. The van der Waals surface area contributed by atoms with Crippen molar-refractivity contribution in [1.29, 1.82) is 0 Å². The maximum absolute atomic E-state index is 13.4. The molecule has 0 amide bonds. The molecule has 0 spiro atoms. The van der Waals surface area contributed by atoms with Crippen molar-refractivity contribution in [2.45, 2.75) is 57.1 Å². The van der Waals surface area contributed by atoms with E-state index in [2.05, 4.69) is 0 Å². The van der Waals surface area contributed by atoms with E-state index in [-0.39, 0.29) is 26.4 Å². The fourth-order valence-corrected chi connectivity index (χ4v) is 4.68. The number of aliphatic hydroxyl groups excluding tert-OH is 1. The minimum Gasteiger partial charge on any atom is -0.459 e. The highest BCUT2D eigenvalue weighted by Gasteiger charge is 2.51. The van der Waals surface area contributed by atoms with Gasteiger partial charge in [0, 0.05) is 0 Å². The molecule has 4 aromatic carbocycles. The summed E-state index contributed by atoms with van der Waals surface area (Å²) >= 11 is 0. The largest absolute Gasteiger partial charge is 0.459 e. The Kier molecular flexibility index (Phi) is 10.3. The zero-order valence-corrected chi connectivity index (χ0v) is 22.7. The van der Waals surface area contributed by atoms with E-state index in [0.29, 0.717) is 0 Å². The fourth-order valence-electron chi connectivity index (χ4n) is 4.68. The molecule has 5 atom stereocenters. The summed E-state index contributed by atoms with van der Waals surface area (Å²) in [6, 6.07) is 38.3. The average Bonchev–Trinajstić information content (AvgIpc) is 3.03. The van der Waals surface area contributed by atoms with Crippen molar-refractivity contribution in [1.82, 2.24) is 0 Å². The Bertz CT molecular complexity index is 1320. The molecular weight excluding hydrogens is 520 g/mol. The van der Waals surface area contributed by atoms with Crippen molar-refractivity contribution in [3.63, 3.8) is 0 Å².